The zero-order chi connectivity index (χ0) is 12.0. The number of hydrogen-bond donors (Lipinski definition) is 1. The number of aryl methyl sites for hydroxylation is 1. The van der Waals surface area contributed by atoms with Crippen molar-refractivity contribution < 1.29 is 9.84 Å². The summed E-state index contributed by atoms with van der Waals surface area (Å²) < 4.78 is 5.57. The van der Waals surface area contributed by atoms with Crippen LogP contribution < -0.4 is 4.74 Å². The zero-order valence-corrected chi connectivity index (χ0v) is 9.73. The number of benzene rings is 1. The molecule has 0 fully saturated rings. The first-order chi connectivity index (χ1) is 7.65. The molecule has 0 saturated heterocycles. The molecular weight excluding hydrogens is 202 g/mol. The average molecular weight is 219 g/mol. The van der Waals surface area contributed by atoms with Crippen LogP contribution in [0.4, 0.5) is 0 Å². The number of ether oxygens (including phenoxy) is 1. The summed E-state index contributed by atoms with van der Waals surface area (Å²) in [7, 11) is 0. The molecule has 3 nitrogen and oxygen atoms in total. The van der Waals surface area contributed by atoms with Gasteiger partial charge in [0.1, 0.15) is 5.75 Å². The Hall–Kier alpha value is -1.53. The van der Waals surface area contributed by atoms with Crippen molar-refractivity contribution in [2.45, 2.75) is 32.8 Å². The molecule has 0 saturated carbocycles. The lowest BCUT2D eigenvalue weighted by atomic mass is 10.1. The molecule has 0 aromatic heterocycles. The molecule has 1 aromatic rings. The average Bonchev–Trinajstić information content (AvgIpc) is 2.24. The highest BCUT2D eigenvalue weighted by Crippen LogP contribution is 2.26. The fourth-order valence-electron chi connectivity index (χ4n) is 1.45. The van der Waals surface area contributed by atoms with Gasteiger partial charge >= 0.3 is 0 Å². The molecule has 0 aliphatic carbocycles. The molecule has 0 unspecified atom stereocenters. The Kier molecular flexibility index (Phi) is 4.81. The molecule has 0 aliphatic rings. The zero-order valence-electron chi connectivity index (χ0n) is 9.73. The van der Waals surface area contributed by atoms with E-state index in [0.29, 0.717) is 25.2 Å². The van der Waals surface area contributed by atoms with Gasteiger partial charge in [-0.1, -0.05) is 12.1 Å². The van der Waals surface area contributed by atoms with Crippen LogP contribution in [0.15, 0.2) is 18.2 Å². The Morgan fingerprint density at radius 2 is 2.25 bits per heavy atom. The van der Waals surface area contributed by atoms with Gasteiger partial charge in [0.05, 0.1) is 18.8 Å². The maximum absolute atomic E-state index is 9.57. The minimum atomic E-state index is -0.536. The third-order valence-corrected chi connectivity index (χ3v) is 2.31. The fraction of sp³-hybridized carbons (Fsp3) is 0.462. The summed E-state index contributed by atoms with van der Waals surface area (Å²) in [4.78, 5) is 0. The molecular formula is C13H17NO2. The Morgan fingerprint density at radius 3 is 2.88 bits per heavy atom. The highest BCUT2D eigenvalue weighted by atomic mass is 16.5. The van der Waals surface area contributed by atoms with Crippen LogP contribution in [0.5, 0.6) is 5.75 Å². The monoisotopic (exact) mass is 219 g/mol. The number of hydrogen-bond acceptors (Lipinski definition) is 3. The Morgan fingerprint density at radius 1 is 1.50 bits per heavy atom. The first-order valence-corrected chi connectivity index (χ1v) is 5.43. The Bertz CT molecular complexity index is 380. The summed E-state index contributed by atoms with van der Waals surface area (Å²) in [5.74, 6) is 0.716. The van der Waals surface area contributed by atoms with Gasteiger partial charge in [0, 0.05) is 12.0 Å². The first kappa shape index (κ1) is 12.5. The van der Waals surface area contributed by atoms with Crippen molar-refractivity contribution in [3.8, 4) is 11.8 Å². The molecule has 1 rings (SSSR count). The SMILES string of the molecule is Cc1ccc([C@@H](C)O)c(OCCCC#N)c1. The molecule has 0 aliphatic heterocycles. The molecule has 0 spiro atoms. The molecule has 1 atom stereocenters. The van der Waals surface area contributed by atoms with Crippen molar-refractivity contribution in [2.24, 2.45) is 0 Å². The van der Waals surface area contributed by atoms with Gasteiger partial charge in [0.2, 0.25) is 0 Å². The molecule has 16 heavy (non-hydrogen) atoms. The number of rotatable bonds is 5. The van der Waals surface area contributed by atoms with Crippen molar-refractivity contribution in [3.63, 3.8) is 0 Å². The second-order valence-electron chi connectivity index (χ2n) is 3.83. The van der Waals surface area contributed by atoms with Gasteiger partial charge in [-0.25, -0.2) is 0 Å². The third kappa shape index (κ3) is 3.56. The summed E-state index contributed by atoms with van der Waals surface area (Å²) >= 11 is 0. The number of nitrogens with zero attached hydrogens (tertiary/aromatic N) is 1. The predicted octanol–water partition coefficient (Wildman–Crippen LogP) is 2.73. The molecule has 86 valence electrons. The summed E-state index contributed by atoms with van der Waals surface area (Å²) in [6.07, 6.45) is 0.672. The first-order valence-electron chi connectivity index (χ1n) is 5.43. The topological polar surface area (TPSA) is 53.2 Å². The Labute approximate surface area is 96.3 Å². The van der Waals surface area contributed by atoms with E-state index < -0.39 is 6.10 Å². The van der Waals surface area contributed by atoms with Crippen LogP contribution in [0.1, 0.15) is 37.0 Å². The normalized spacial score (nSPS) is 11.9. The van der Waals surface area contributed by atoms with E-state index in [1.807, 2.05) is 25.1 Å². The van der Waals surface area contributed by atoms with Crippen LogP contribution >= 0.6 is 0 Å². The standard InChI is InChI=1S/C13H17NO2/c1-10-5-6-12(11(2)15)13(9-10)16-8-4-3-7-14/h5-6,9,11,15H,3-4,8H2,1-2H3/t11-/m1/s1. The van der Waals surface area contributed by atoms with Gasteiger partial charge in [-0.2, -0.15) is 5.26 Å². The largest absolute Gasteiger partial charge is 0.493 e. The summed E-state index contributed by atoms with van der Waals surface area (Å²) in [6, 6.07) is 7.81. The molecule has 0 bridgehead atoms. The van der Waals surface area contributed by atoms with Crippen molar-refractivity contribution in [2.75, 3.05) is 6.61 Å². The predicted molar refractivity (Wildman–Crippen MR) is 62.2 cm³/mol. The van der Waals surface area contributed by atoms with Gasteiger partial charge in [-0.3, -0.25) is 0 Å². The van der Waals surface area contributed by atoms with Gasteiger partial charge in [-0.05, 0) is 31.9 Å². The number of aliphatic hydroxyl groups excluding tert-OH is 1. The van der Waals surface area contributed by atoms with Crippen molar-refractivity contribution in [3.05, 3.63) is 29.3 Å². The summed E-state index contributed by atoms with van der Waals surface area (Å²) in [5, 5.41) is 18.0. The van der Waals surface area contributed by atoms with Crippen LogP contribution in [0.2, 0.25) is 0 Å². The van der Waals surface area contributed by atoms with Gasteiger partial charge in [-0.15, -0.1) is 0 Å². The van der Waals surface area contributed by atoms with E-state index in [4.69, 9.17) is 10.00 Å². The van der Waals surface area contributed by atoms with Crippen molar-refractivity contribution in [1.29, 1.82) is 5.26 Å². The second kappa shape index (κ2) is 6.14. The molecule has 0 amide bonds. The second-order valence-corrected chi connectivity index (χ2v) is 3.83. The van der Waals surface area contributed by atoms with E-state index in [0.717, 1.165) is 11.1 Å². The smallest absolute Gasteiger partial charge is 0.125 e. The van der Waals surface area contributed by atoms with Gasteiger partial charge < -0.3 is 9.84 Å². The lowest BCUT2D eigenvalue weighted by Crippen LogP contribution is -2.02. The molecule has 3 heteroatoms. The Balaban J connectivity index is 2.69. The summed E-state index contributed by atoms with van der Waals surface area (Å²) in [5.41, 5.74) is 1.89. The summed E-state index contributed by atoms with van der Waals surface area (Å²) in [6.45, 7) is 4.21. The molecule has 1 N–H and O–H groups in total. The van der Waals surface area contributed by atoms with E-state index in [1.165, 1.54) is 0 Å². The molecule has 0 heterocycles. The molecule has 0 radical (unpaired) electrons. The van der Waals surface area contributed by atoms with E-state index >= 15 is 0 Å². The van der Waals surface area contributed by atoms with Crippen molar-refractivity contribution in [1.82, 2.24) is 0 Å². The van der Waals surface area contributed by atoms with Gasteiger partial charge in [0.15, 0.2) is 0 Å². The minimum Gasteiger partial charge on any atom is -0.493 e. The number of unbranched alkanes of at least 4 members (excludes halogenated alkanes) is 1. The van der Waals surface area contributed by atoms with Crippen LogP contribution in [0.25, 0.3) is 0 Å². The maximum Gasteiger partial charge on any atom is 0.125 e. The lowest BCUT2D eigenvalue weighted by molar-refractivity contribution is 0.191. The van der Waals surface area contributed by atoms with Crippen molar-refractivity contribution >= 4 is 0 Å². The quantitative estimate of drug-likeness (QED) is 0.775. The third-order valence-electron chi connectivity index (χ3n) is 2.31. The maximum atomic E-state index is 9.57. The van der Waals surface area contributed by atoms with E-state index in [2.05, 4.69) is 6.07 Å². The van der Waals surface area contributed by atoms with Crippen LogP contribution in [-0.2, 0) is 0 Å². The van der Waals surface area contributed by atoms with E-state index in [-0.39, 0.29) is 0 Å². The van der Waals surface area contributed by atoms with Crippen LogP contribution in [0, 0.1) is 18.3 Å². The van der Waals surface area contributed by atoms with Crippen LogP contribution in [-0.4, -0.2) is 11.7 Å². The minimum absolute atomic E-state index is 0.496. The number of aliphatic hydroxyl groups is 1. The highest BCUT2D eigenvalue weighted by molar-refractivity contribution is 5.38. The lowest BCUT2D eigenvalue weighted by Gasteiger charge is -2.13. The fourth-order valence-corrected chi connectivity index (χ4v) is 1.45. The van der Waals surface area contributed by atoms with E-state index in [9.17, 15) is 5.11 Å². The molecule has 1 aromatic carbocycles. The van der Waals surface area contributed by atoms with E-state index in [1.54, 1.807) is 6.92 Å². The highest BCUT2D eigenvalue weighted by Gasteiger charge is 2.08. The van der Waals surface area contributed by atoms with Crippen LogP contribution in [0.3, 0.4) is 0 Å². The number of nitriles is 1. The van der Waals surface area contributed by atoms with Gasteiger partial charge in [0.25, 0.3) is 0 Å².